The van der Waals surface area contributed by atoms with Crippen LogP contribution in [0.25, 0.3) is 0 Å². The fourth-order valence-electron chi connectivity index (χ4n) is 3.93. The van der Waals surface area contributed by atoms with Crippen LogP contribution in [-0.2, 0) is 0 Å². The summed E-state index contributed by atoms with van der Waals surface area (Å²) in [7, 11) is 0. The lowest BCUT2D eigenvalue weighted by atomic mass is 9.88. The topological polar surface area (TPSA) is 68.2 Å². The molecule has 0 aromatic heterocycles. The molecular formula is C23H25Cl2NO5. The van der Waals surface area contributed by atoms with Gasteiger partial charge in [0, 0.05) is 29.1 Å². The second-order valence-corrected chi connectivity index (χ2v) is 8.68. The Morgan fingerprint density at radius 3 is 2.61 bits per heavy atom. The molecule has 0 amide bonds. The number of aliphatic hydroxyl groups is 1. The van der Waals surface area contributed by atoms with Gasteiger partial charge in [-0.15, -0.1) is 0 Å². The summed E-state index contributed by atoms with van der Waals surface area (Å²) in [5, 5.41) is 11.3. The molecule has 1 saturated heterocycles. The number of benzene rings is 2. The number of halogens is 2. The Bertz CT molecular complexity index is 930. The van der Waals surface area contributed by atoms with Gasteiger partial charge in [0.2, 0.25) is 0 Å². The molecule has 1 N–H and O–H groups in total. The van der Waals surface area contributed by atoms with E-state index in [2.05, 4.69) is 4.90 Å². The largest absolute Gasteiger partial charge is 0.489 e. The zero-order chi connectivity index (χ0) is 21.8. The van der Waals surface area contributed by atoms with E-state index in [0.29, 0.717) is 52.6 Å². The minimum atomic E-state index is -0.667. The molecule has 166 valence electrons. The molecule has 8 heteroatoms. The maximum Gasteiger partial charge on any atom is 0.166 e. The second kappa shape index (κ2) is 10.1. The molecule has 2 aromatic rings. The van der Waals surface area contributed by atoms with Crippen molar-refractivity contribution < 1.29 is 24.1 Å². The van der Waals surface area contributed by atoms with Gasteiger partial charge >= 0.3 is 0 Å². The Balaban J connectivity index is 1.24. The van der Waals surface area contributed by atoms with Crippen molar-refractivity contribution >= 4 is 29.0 Å². The number of hydrogen-bond acceptors (Lipinski definition) is 6. The number of likely N-dealkylation sites (tertiary alicyclic amines) is 1. The van der Waals surface area contributed by atoms with Crippen LogP contribution in [0.4, 0.5) is 0 Å². The van der Waals surface area contributed by atoms with Crippen LogP contribution in [0, 0.1) is 5.92 Å². The number of Topliss-reactive ketones (excluding diaryl/α,β-unsaturated/α-hetero) is 1. The molecule has 0 saturated carbocycles. The first-order valence-electron chi connectivity index (χ1n) is 10.4. The maximum absolute atomic E-state index is 12.9. The first kappa shape index (κ1) is 22.2. The Morgan fingerprint density at radius 2 is 1.84 bits per heavy atom. The number of carbonyl (C=O) groups excluding carboxylic acids is 1. The van der Waals surface area contributed by atoms with Crippen molar-refractivity contribution in [3.05, 3.63) is 52.0 Å². The SMILES string of the molecule is O=C(c1ccc2c(c1)OCCO2)C1CCN(C[C@H](O)COc2cc(Cl)ccc2Cl)CC1. The highest BCUT2D eigenvalue weighted by Gasteiger charge is 2.27. The van der Waals surface area contributed by atoms with E-state index in [9.17, 15) is 9.90 Å². The van der Waals surface area contributed by atoms with Crippen LogP contribution in [0.5, 0.6) is 17.2 Å². The number of ketones is 1. The van der Waals surface area contributed by atoms with Crippen LogP contribution in [0.2, 0.25) is 10.0 Å². The second-order valence-electron chi connectivity index (χ2n) is 7.84. The summed E-state index contributed by atoms with van der Waals surface area (Å²) in [5.41, 5.74) is 0.662. The predicted molar refractivity (Wildman–Crippen MR) is 119 cm³/mol. The minimum Gasteiger partial charge on any atom is -0.489 e. The van der Waals surface area contributed by atoms with E-state index in [4.69, 9.17) is 37.4 Å². The molecule has 2 aliphatic heterocycles. The molecule has 0 spiro atoms. The van der Waals surface area contributed by atoms with Gasteiger partial charge in [-0.1, -0.05) is 23.2 Å². The van der Waals surface area contributed by atoms with Gasteiger partial charge in [-0.2, -0.15) is 0 Å². The van der Waals surface area contributed by atoms with Gasteiger partial charge in [0.1, 0.15) is 31.7 Å². The number of fused-ring (bicyclic) bond motifs is 1. The summed E-state index contributed by atoms with van der Waals surface area (Å²) in [4.78, 5) is 15.1. The van der Waals surface area contributed by atoms with Gasteiger partial charge in [-0.25, -0.2) is 0 Å². The molecule has 1 fully saturated rings. The van der Waals surface area contributed by atoms with Crippen molar-refractivity contribution in [1.29, 1.82) is 0 Å². The Morgan fingerprint density at radius 1 is 1.10 bits per heavy atom. The van der Waals surface area contributed by atoms with E-state index in [1.165, 1.54) is 0 Å². The fraction of sp³-hybridized carbons (Fsp3) is 0.435. The number of hydrogen-bond donors (Lipinski definition) is 1. The van der Waals surface area contributed by atoms with E-state index >= 15 is 0 Å². The monoisotopic (exact) mass is 465 g/mol. The fourth-order valence-corrected chi connectivity index (χ4v) is 4.27. The number of nitrogens with zero attached hydrogens (tertiary/aromatic N) is 1. The summed E-state index contributed by atoms with van der Waals surface area (Å²) in [6.45, 7) is 3.12. The summed E-state index contributed by atoms with van der Waals surface area (Å²) in [6, 6.07) is 10.4. The Hall–Kier alpha value is -1.99. The zero-order valence-corrected chi connectivity index (χ0v) is 18.6. The molecule has 0 aliphatic carbocycles. The normalized spacial score (nSPS) is 17.9. The molecule has 2 heterocycles. The van der Waals surface area contributed by atoms with Crippen LogP contribution in [-0.4, -0.2) is 61.3 Å². The lowest BCUT2D eigenvalue weighted by Gasteiger charge is -2.32. The quantitative estimate of drug-likeness (QED) is 0.620. The summed E-state index contributed by atoms with van der Waals surface area (Å²) in [5.74, 6) is 1.89. The van der Waals surface area contributed by atoms with Crippen LogP contribution in [0.1, 0.15) is 23.2 Å². The Kier molecular flexibility index (Phi) is 7.23. The highest BCUT2D eigenvalue weighted by atomic mass is 35.5. The highest BCUT2D eigenvalue weighted by Crippen LogP contribution is 2.33. The molecule has 0 radical (unpaired) electrons. The third-order valence-corrected chi connectivity index (χ3v) is 6.13. The van der Waals surface area contributed by atoms with Gasteiger partial charge < -0.3 is 24.2 Å². The van der Waals surface area contributed by atoms with Crippen molar-refractivity contribution in [1.82, 2.24) is 4.90 Å². The van der Waals surface area contributed by atoms with E-state index in [1.807, 2.05) is 6.07 Å². The summed E-state index contributed by atoms with van der Waals surface area (Å²) < 4.78 is 16.7. The lowest BCUT2D eigenvalue weighted by molar-refractivity contribution is 0.0524. The van der Waals surface area contributed by atoms with Crippen LogP contribution < -0.4 is 14.2 Å². The minimum absolute atomic E-state index is 0.0301. The number of aliphatic hydroxyl groups excluding tert-OH is 1. The lowest BCUT2D eigenvalue weighted by Crippen LogP contribution is -2.42. The molecule has 2 aliphatic rings. The first-order chi connectivity index (χ1) is 15.0. The highest BCUT2D eigenvalue weighted by molar-refractivity contribution is 6.34. The number of rotatable bonds is 7. The van der Waals surface area contributed by atoms with Crippen molar-refractivity contribution in [3.63, 3.8) is 0 Å². The van der Waals surface area contributed by atoms with E-state index < -0.39 is 6.10 Å². The number of β-amino-alcohol motifs (C(OH)–C–C–N with tert-alkyl or cyclic N) is 1. The standard InChI is InChI=1S/C23H25Cl2NO5/c24-17-2-3-19(25)21(12-17)31-14-18(27)13-26-7-5-15(6-8-26)23(28)16-1-4-20-22(11-16)30-10-9-29-20/h1-4,11-12,15,18,27H,5-10,13-14H2/t18-/m0/s1. The van der Waals surface area contributed by atoms with Gasteiger partial charge in [-0.05, 0) is 56.3 Å². The van der Waals surface area contributed by atoms with Crippen molar-refractivity contribution in [3.8, 4) is 17.2 Å². The van der Waals surface area contributed by atoms with Gasteiger partial charge in [0.15, 0.2) is 17.3 Å². The van der Waals surface area contributed by atoms with Crippen LogP contribution in [0.15, 0.2) is 36.4 Å². The third kappa shape index (κ3) is 5.63. The maximum atomic E-state index is 12.9. The first-order valence-corrected chi connectivity index (χ1v) is 11.2. The third-order valence-electron chi connectivity index (χ3n) is 5.58. The van der Waals surface area contributed by atoms with Crippen molar-refractivity contribution in [2.45, 2.75) is 18.9 Å². The van der Waals surface area contributed by atoms with E-state index in [0.717, 1.165) is 25.9 Å². The molecular weight excluding hydrogens is 441 g/mol. The molecule has 31 heavy (non-hydrogen) atoms. The van der Waals surface area contributed by atoms with Crippen LogP contribution in [0.3, 0.4) is 0 Å². The predicted octanol–water partition coefficient (Wildman–Crippen LogP) is 4.10. The average molecular weight is 466 g/mol. The van der Waals surface area contributed by atoms with Crippen molar-refractivity contribution in [2.24, 2.45) is 5.92 Å². The van der Waals surface area contributed by atoms with Gasteiger partial charge in [-0.3, -0.25) is 4.79 Å². The smallest absolute Gasteiger partial charge is 0.166 e. The molecule has 4 rings (SSSR count). The molecule has 2 aromatic carbocycles. The molecule has 0 bridgehead atoms. The van der Waals surface area contributed by atoms with E-state index in [1.54, 1.807) is 30.3 Å². The summed E-state index contributed by atoms with van der Waals surface area (Å²) in [6.07, 6.45) is 0.835. The summed E-state index contributed by atoms with van der Waals surface area (Å²) >= 11 is 12.0. The van der Waals surface area contributed by atoms with E-state index in [-0.39, 0.29) is 18.3 Å². The molecule has 0 unspecified atom stereocenters. The van der Waals surface area contributed by atoms with Crippen molar-refractivity contribution in [2.75, 3.05) is 39.5 Å². The molecule has 1 atom stereocenters. The van der Waals surface area contributed by atoms with Gasteiger partial charge in [0.25, 0.3) is 0 Å². The number of ether oxygens (including phenoxy) is 3. The zero-order valence-electron chi connectivity index (χ0n) is 17.1. The Labute approximate surface area is 191 Å². The van der Waals surface area contributed by atoms with Crippen LogP contribution >= 0.6 is 23.2 Å². The van der Waals surface area contributed by atoms with Gasteiger partial charge in [0.05, 0.1) is 5.02 Å². The number of carbonyl (C=O) groups is 1. The average Bonchev–Trinajstić information content (AvgIpc) is 2.79. The number of piperidine rings is 1. The molecule has 6 nitrogen and oxygen atoms in total.